The van der Waals surface area contributed by atoms with E-state index in [1.54, 1.807) is 6.92 Å². The maximum absolute atomic E-state index is 12.0. The average molecular weight is 240 g/mol. The van der Waals surface area contributed by atoms with Gasteiger partial charge in [0.15, 0.2) is 0 Å². The SMILES string of the molecule is CCN(CC(C)(C)CN)C(=O)CC(F)(F)F. The van der Waals surface area contributed by atoms with Gasteiger partial charge >= 0.3 is 6.18 Å². The molecule has 0 radical (unpaired) electrons. The summed E-state index contributed by atoms with van der Waals surface area (Å²) in [5, 5.41) is 0. The van der Waals surface area contributed by atoms with Gasteiger partial charge in [0.25, 0.3) is 0 Å². The quantitative estimate of drug-likeness (QED) is 0.796. The van der Waals surface area contributed by atoms with Crippen molar-refractivity contribution in [3.63, 3.8) is 0 Å². The molecule has 0 bridgehead atoms. The van der Waals surface area contributed by atoms with Crippen molar-refractivity contribution in [2.45, 2.75) is 33.4 Å². The molecule has 0 spiro atoms. The number of halogens is 3. The second kappa shape index (κ2) is 5.52. The van der Waals surface area contributed by atoms with Crippen LogP contribution in [-0.4, -0.2) is 36.6 Å². The zero-order chi connectivity index (χ0) is 13.0. The van der Waals surface area contributed by atoms with Crippen LogP contribution < -0.4 is 5.73 Å². The summed E-state index contributed by atoms with van der Waals surface area (Å²) in [4.78, 5) is 12.5. The Morgan fingerprint density at radius 3 is 2.12 bits per heavy atom. The monoisotopic (exact) mass is 240 g/mol. The summed E-state index contributed by atoms with van der Waals surface area (Å²) in [6.07, 6.45) is -5.85. The molecule has 6 heteroatoms. The van der Waals surface area contributed by atoms with Gasteiger partial charge in [-0.15, -0.1) is 0 Å². The van der Waals surface area contributed by atoms with Crippen LogP contribution in [0.4, 0.5) is 13.2 Å². The predicted octanol–water partition coefficient (Wildman–Crippen LogP) is 1.77. The summed E-state index contributed by atoms with van der Waals surface area (Å²) in [6, 6.07) is 0. The highest BCUT2D eigenvalue weighted by Gasteiger charge is 2.34. The van der Waals surface area contributed by atoms with Gasteiger partial charge in [0, 0.05) is 13.1 Å². The summed E-state index contributed by atoms with van der Waals surface area (Å²) in [6.45, 7) is 6.12. The zero-order valence-electron chi connectivity index (χ0n) is 9.90. The third-order valence-corrected chi connectivity index (χ3v) is 2.26. The van der Waals surface area contributed by atoms with Crippen molar-refractivity contribution < 1.29 is 18.0 Å². The summed E-state index contributed by atoms with van der Waals surface area (Å²) in [7, 11) is 0. The van der Waals surface area contributed by atoms with Crippen molar-refractivity contribution in [1.82, 2.24) is 4.90 Å². The van der Waals surface area contributed by atoms with Crippen LogP contribution in [0.25, 0.3) is 0 Å². The third kappa shape index (κ3) is 5.95. The highest BCUT2D eigenvalue weighted by molar-refractivity contribution is 5.76. The molecule has 0 saturated carbocycles. The Bertz CT molecular complexity index is 239. The smallest absolute Gasteiger partial charge is 0.342 e. The first-order chi connectivity index (χ1) is 7.11. The highest BCUT2D eigenvalue weighted by Crippen LogP contribution is 2.22. The van der Waals surface area contributed by atoms with E-state index in [1.165, 1.54) is 4.90 Å². The van der Waals surface area contributed by atoms with E-state index in [1.807, 2.05) is 13.8 Å². The van der Waals surface area contributed by atoms with E-state index in [-0.39, 0.29) is 18.5 Å². The molecule has 0 unspecified atom stereocenters. The van der Waals surface area contributed by atoms with Crippen molar-refractivity contribution in [2.75, 3.05) is 19.6 Å². The van der Waals surface area contributed by atoms with Crippen LogP contribution >= 0.6 is 0 Å². The van der Waals surface area contributed by atoms with Crippen LogP contribution in [0.15, 0.2) is 0 Å². The van der Waals surface area contributed by atoms with E-state index in [9.17, 15) is 18.0 Å². The fourth-order valence-corrected chi connectivity index (χ4v) is 1.24. The largest absolute Gasteiger partial charge is 0.397 e. The van der Waals surface area contributed by atoms with Gasteiger partial charge in [0.1, 0.15) is 6.42 Å². The summed E-state index contributed by atoms with van der Waals surface area (Å²) in [5.41, 5.74) is 5.11. The van der Waals surface area contributed by atoms with Gasteiger partial charge in [0.2, 0.25) is 5.91 Å². The highest BCUT2D eigenvalue weighted by atomic mass is 19.4. The predicted molar refractivity (Wildman–Crippen MR) is 55.8 cm³/mol. The molecular weight excluding hydrogens is 221 g/mol. The molecule has 0 rings (SSSR count). The molecule has 0 aliphatic heterocycles. The molecule has 0 heterocycles. The Morgan fingerprint density at radius 1 is 1.31 bits per heavy atom. The van der Waals surface area contributed by atoms with Gasteiger partial charge < -0.3 is 10.6 Å². The molecule has 0 aromatic heterocycles. The van der Waals surface area contributed by atoms with Crippen molar-refractivity contribution >= 4 is 5.91 Å². The molecule has 0 fully saturated rings. The lowest BCUT2D eigenvalue weighted by Gasteiger charge is -2.31. The first kappa shape index (κ1) is 15.2. The topological polar surface area (TPSA) is 46.3 Å². The molecule has 0 aliphatic rings. The second-order valence-electron chi connectivity index (χ2n) is 4.57. The van der Waals surface area contributed by atoms with Gasteiger partial charge in [-0.2, -0.15) is 13.2 Å². The van der Waals surface area contributed by atoms with Gasteiger partial charge in [-0.05, 0) is 18.9 Å². The number of alkyl halides is 3. The van der Waals surface area contributed by atoms with Crippen molar-refractivity contribution in [1.29, 1.82) is 0 Å². The number of nitrogens with zero attached hydrogens (tertiary/aromatic N) is 1. The fourth-order valence-electron chi connectivity index (χ4n) is 1.24. The average Bonchev–Trinajstić information content (AvgIpc) is 2.11. The summed E-state index contributed by atoms with van der Waals surface area (Å²) < 4.78 is 36.1. The van der Waals surface area contributed by atoms with Crippen molar-refractivity contribution in [3.05, 3.63) is 0 Å². The Labute approximate surface area is 93.8 Å². The molecule has 1 amide bonds. The molecule has 3 nitrogen and oxygen atoms in total. The van der Waals surface area contributed by atoms with Crippen LogP contribution in [0.2, 0.25) is 0 Å². The Morgan fingerprint density at radius 2 is 1.81 bits per heavy atom. The number of carbonyl (C=O) groups is 1. The van der Waals surface area contributed by atoms with Crippen LogP contribution in [0.1, 0.15) is 27.2 Å². The van der Waals surface area contributed by atoms with E-state index in [0.29, 0.717) is 6.54 Å². The number of hydrogen-bond donors (Lipinski definition) is 1. The summed E-state index contributed by atoms with van der Waals surface area (Å²) >= 11 is 0. The number of rotatable bonds is 5. The molecule has 96 valence electrons. The molecule has 0 aromatic rings. The number of hydrogen-bond acceptors (Lipinski definition) is 2. The fraction of sp³-hybridized carbons (Fsp3) is 0.900. The van der Waals surface area contributed by atoms with Crippen LogP contribution in [0.3, 0.4) is 0 Å². The lowest BCUT2D eigenvalue weighted by molar-refractivity contribution is -0.162. The minimum absolute atomic E-state index is 0.245. The van der Waals surface area contributed by atoms with E-state index >= 15 is 0 Å². The standard InChI is InChI=1S/C10H19F3N2O/c1-4-15(7-9(2,3)6-14)8(16)5-10(11,12)13/h4-7,14H2,1-3H3. The van der Waals surface area contributed by atoms with E-state index in [4.69, 9.17) is 5.73 Å². The minimum atomic E-state index is -4.45. The molecule has 0 saturated heterocycles. The molecule has 16 heavy (non-hydrogen) atoms. The molecular formula is C10H19F3N2O. The number of nitrogens with two attached hydrogens (primary N) is 1. The molecule has 0 aliphatic carbocycles. The van der Waals surface area contributed by atoms with E-state index in [2.05, 4.69) is 0 Å². The lowest BCUT2D eigenvalue weighted by atomic mass is 9.93. The van der Waals surface area contributed by atoms with E-state index in [0.717, 1.165) is 0 Å². The first-order valence-electron chi connectivity index (χ1n) is 5.16. The maximum Gasteiger partial charge on any atom is 0.397 e. The maximum atomic E-state index is 12.0. The number of amides is 1. The Hall–Kier alpha value is -0.780. The van der Waals surface area contributed by atoms with Crippen molar-refractivity contribution in [2.24, 2.45) is 11.1 Å². The molecule has 2 N–H and O–H groups in total. The normalized spacial score (nSPS) is 12.7. The first-order valence-corrected chi connectivity index (χ1v) is 5.16. The van der Waals surface area contributed by atoms with E-state index < -0.39 is 18.5 Å². The lowest BCUT2D eigenvalue weighted by Crippen LogP contribution is -2.43. The van der Waals surface area contributed by atoms with Gasteiger partial charge in [-0.25, -0.2) is 0 Å². The van der Waals surface area contributed by atoms with Gasteiger partial charge in [0.05, 0.1) is 0 Å². The van der Waals surface area contributed by atoms with Crippen LogP contribution in [0.5, 0.6) is 0 Å². The van der Waals surface area contributed by atoms with Gasteiger partial charge in [-0.3, -0.25) is 4.79 Å². The molecule has 0 atom stereocenters. The van der Waals surface area contributed by atoms with Crippen LogP contribution in [-0.2, 0) is 4.79 Å². The van der Waals surface area contributed by atoms with Crippen LogP contribution in [0, 0.1) is 5.41 Å². The molecule has 0 aromatic carbocycles. The Balaban J connectivity index is 4.45. The zero-order valence-corrected chi connectivity index (χ0v) is 9.90. The second-order valence-corrected chi connectivity index (χ2v) is 4.57. The summed E-state index contributed by atoms with van der Waals surface area (Å²) in [5.74, 6) is -0.892. The van der Waals surface area contributed by atoms with Gasteiger partial charge in [-0.1, -0.05) is 13.8 Å². The van der Waals surface area contributed by atoms with Crippen molar-refractivity contribution in [3.8, 4) is 0 Å². The Kier molecular flexibility index (Phi) is 5.25. The number of carbonyl (C=O) groups excluding carboxylic acids is 1. The third-order valence-electron chi connectivity index (χ3n) is 2.26. The minimum Gasteiger partial charge on any atom is -0.342 e.